The first-order valence-corrected chi connectivity index (χ1v) is 19.9. The predicted molar refractivity (Wildman–Crippen MR) is 225 cm³/mol. The summed E-state index contributed by atoms with van der Waals surface area (Å²) in [5, 5.41) is 12.2. The Hall–Kier alpha value is -5.21. The summed E-state index contributed by atoms with van der Waals surface area (Å²) in [5.74, 6) is 6.73. The van der Waals surface area contributed by atoms with Gasteiger partial charge in [-0.15, -0.1) is 17.9 Å². The lowest BCUT2D eigenvalue weighted by Crippen LogP contribution is -2.48. The van der Waals surface area contributed by atoms with Gasteiger partial charge in [0, 0.05) is 85.7 Å². The van der Waals surface area contributed by atoms with Gasteiger partial charge in [-0.1, -0.05) is 53.5 Å². The van der Waals surface area contributed by atoms with Crippen LogP contribution in [0.3, 0.4) is 0 Å². The molecule has 302 valence electrons. The molecule has 1 aliphatic rings. The SMILES string of the molecule is C#CCN(CC#C)Cc1cn(CCOCCOCCOCCNC2(c3ccccc3C=O)c3ccc(N(CC)CC)cc3Oc3cc(N(CC)CC)ccc32)nn1. The minimum absolute atomic E-state index is 0.425. The summed E-state index contributed by atoms with van der Waals surface area (Å²) in [6, 6.07) is 20.6. The molecule has 1 aromatic heterocycles. The van der Waals surface area contributed by atoms with Crippen LogP contribution in [0.15, 0.2) is 66.9 Å². The van der Waals surface area contributed by atoms with Crippen molar-refractivity contribution in [3.8, 4) is 36.2 Å². The number of aldehydes is 1. The number of hydrogen-bond acceptors (Lipinski definition) is 11. The topological polar surface area (TPSA) is 106 Å². The number of aromatic nitrogens is 3. The molecule has 1 N–H and O–H groups in total. The van der Waals surface area contributed by atoms with Gasteiger partial charge in [0.2, 0.25) is 0 Å². The first-order chi connectivity index (χ1) is 28.0. The number of hydrogen-bond donors (Lipinski definition) is 1. The molecule has 57 heavy (non-hydrogen) atoms. The quantitative estimate of drug-likeness (QED) is 0.0518. The molecule has 0 saturated carbocycles. The lowest BCUT2D eigenvalue weighted by atomic mass is 9.73. The Balaban J connectivity index is 1.20. The van der Waals surface area contributed by atoms with Crippen LogP contribution < -0.4 is 19.9 Å². The summed E-state index contributed by atoms with van der Waals surface area (Å²) < 4.78 is 26.1. The van der Waals surface area contributed by atoms with Crippen LogP contribution in [-0.2, 0) is 32.8 Å². The molecule has 12 heteroatoms. The molecule has 0 aliphatic carbocycles. The minimum atomic E-state index is -0.890. The normalized spacial score (nSPS) is 12.6. The maximum absolute atomic E-state index is 12.6. The molecule has 2 heterocycles. The van der Waals surface area contributed by atoms with Gasteiger partial charge >= 0.3 is 0 Å². The van der Waals surface area contributed by atoms with Gasteiger partial charge in [-0.3, -0.25) is 15.0 Å². The number of anilines is 2. The summed E-state index contributed by atoms with van der Waals surface area (Å²) in [7, 11) is 0. The Morgan fingerprint density at radius 3 is 1.89 bits per heavy atom. The zero-order valence-electron chi connectivity index (χ0n) is 33.9. The third kappa shape index (κ3) is 10.6. The Kier molecular flexibility index (Phi) is 16.5. The molecule has 0 saturated heterocycles. The number of terminal acetylenes is 2. The van der Waals surface area contributed by atoms with Crippen molar-refractivity contribution in [1.29, 1.82) is 0 Å². The van der Waals surface area contributed by atoms with Gasteiger partial charge in [-0.05, 0) is 45.4 Å². The van der Waals surface area contributed by atoms with Crippen LogP contribution in [0.4, 0.5) is 11.4 Å². The molecule has 3 aromatic carbocycles. The Morgan fingerprint density at radius 2 is 1.33 bits per heavy atom. The molecule has 0 radical (unpaired) electrons. The van der Waals surface area contributed by atoms with Gasteiger partial charge in [-0.25, -0.2) is 4.68 Å². The summed E-state index contributed by atoms with van der Waals surface area (Å²) in [4.78, 5) is 19.2. The van der Waals surface area contributed by atoms with Crippen LogP contribution in [0, 0.1) is 24.7 Å². The smallest absolute Gasteiger partial charge is 0.150 e. The van der Waals surface area contributed by atoms with E-state index in [2.05, 4.69) is 101 Å². The van der Waals surface area contributed by atoms with Crippen LogP contribution in [0.2, 0.25) is 0 Å². The lowest BCUT2D eigenvalue weighted by molar-refractivity contribution is 0.0128. The van der Waals surface area contributed by atoms with Crippen LogP contribution in [0.25, 0.3) is 0 Å². The van der Waals surface area contributed by atoms with Crippen molar-refractivity contribution in [2.75, 3.05) is 95.3 Å². The molecular formula is C45H57N7O5. The molecule has 0 atom stereocenters. The molecule has 0 amide bonds. The van der Waals surface area contributed by atoms with Crippen LogP contribution in [0.1, 0.15) is 60.4 Å². The van der Waals surface area contributed by atoms with Gasteiger partial charge in [0.1, 0.15) is 23.3 Å². The van der Waals surface area contributed by atoms with E-state index < -0.39 is 5.54 Å². The fraction of sp³-hybridized carbons (Fsp3) is 0.444. The number of carbonyl (C=O) groups excluding carboxylic acids is 1. The van der Waals surface area contributed by atoms with Gasteiger partial charge in [0.05, 0.1) is 65.0 Å². The molecule has 0 unspecified atom stereocenters. The third-order valence-electron chi connectivity index (χ3n) is 10.2. The average Bonchev–Trinajstić information content (AvgIpc) is 3.68. The summed E-state index contributed by atoms with van der Waals surface area (Å²) >= 11 is 0. The Morgan fingerprint density at radius 1 is 0.772 bits per heavy atom. The van der Waals surface area contributed by atoms with E-state index in [0.717, 1.165) is 77.7 Å². The second kappa shape index (κ2) is 21.9. The zero-order valence-corrected chi connectivity index (χ0v) is 33.9. The monoisotopic (exact) mass is 775 g/mol. The number of ether oxygens (including phenoxy) is 4. The second-order valence-corrected chi connectivity index (χ2v) is 13.6. The minimum Gasteiger partial charge on any atom is -0.456 e. The highest BCUT2D eigenvalue weighted by Gasteiger charge is 2.45. The van der Waals surface area contributed by atoms with Gasteiger partial charge in [-0.2, -0.15) is 0 Å². The summed E-state index contributed by atoms with van der Waals surface area (Å²) in [6.45, 7) is 17.3. The molecule has 5 rings (SSSR count). The van der Waals surface area contributed by atoms with E-state index in [-0.39, 0.29) is 0 Å². The molecule has 0 bridgehead atoms. The molecule has 12 nitrogen and oxygen atoms in total. The summed E-state index contributed by atoms with van der Waals surface area (Å²) in [5.41, 5.74) is 5.42. The molecule has 0 fully saturated rings. The van der Waals surface area contributed by atoms with E-state index in [4.69, 9.17) is 31.8 Å². The van der Waals surface area contributed by atoms with E-state index in [1.807, 2.05) is 35.4 Å². The van der Waals surface area contributed by atoms with Crippen LogP contribution in [-0.4, -0.2) is 112 Å². The highest BCUT2D eigenvalue weighted by atomic mass is 16.5. The fourth-order valence-corrected chi connectivity index (χ4v) is 7.35. The zero-order chi connectivity index (χ0) is 40.5. The fourth-order valence-electron chi connectivity index (χ4n) is 7.35. The Bertz CT molecular complexity index is 1880. The van der Waals surface area contributed by atoms with Gasteiger partial charge in [0.15, 0.2) is 0 Å². The maximum Gasteiger partial charge on any atom is 0.150 e. The van der Waals surface area contributed by atoms with Crippen molar-refractivity contribution in [3.63, 3.8) is 0 Å². The van der Waals surface area contributed by atoms with Crippen molar-refractivity contribution in [1.82, 2.24) is 25.2 Å². The van der Waals surface area contributed by atoms with Crippen molar-refractivity contribution in [2.45, 2.75) is 46.3 Å². The van der Waals surface area contributed by atoms with Gasteiger partial charge < -0.3 is 28.7 Å². The summed E-state index contributed by atoms with van der Waals surface area (Å²) in [6.07, 6.45) is 13.7. The van der Waals surface area contributed by atoms with Crippen molar-refractivity contribution in [2.24, 2.45) is 0 Å². The predicted octanol–water partition coefficient (Wildman–Crippen LogP) is 5.59. The number of carbonyl (C=O) groups is 1. The highest BCUT2D eigenvalue weighted by molar-refractivity contribution is 5.81. The third-order valence-corrected chi connectivity index (χ3v) is 10.2. The van der Waals surface area contributed by atoms with E-state index in [0.29, 0.717) is 77.9 Å². The Labute approximate surface area is 338 Å². The lowest BCUT2D eigenvalue weighted by Gasteiger charge is -2.43. The van der Waals surface area contributed by atoms with Gasteiger partial charge in [0.25, 0.3) is 0 Å². The number of benzene rings is 3. The average molecular weight is 776 g/mol. The van der Waals surface area contributed by atoms with Crippen LogP contribution in [0.5, 0.6) is 11.5 Å². The molecule has 1 aliphatic heterocycles. The standard InChI is InChI=1S/C45H57N7O5/c1-7-22-49(23-8-2)33-37-34-52(48-47-37)24-26-55-28-30-56-29-27-54-25-21-46-45(40-16-14-13-15-36(40)35-53)41-19-17-38(50(9-3)10-4)31-43(41)57-44-32-39(18-20-42(44)45)51(11-5)12-6/h1-2,13-20,31-32,34-35,46H,9-12,21-30,33H2,3-6H3. The number of nitrogens with one attached hydrogen (secondary N) is 1. The first-order valence-electron chi connectivity index (χ1n) is 19.9. The molecule has 4 aromatic rings. The van der Waals surface area contributed by atoms with Crippen molar-refractivity contribution < 1.29 is 23.7 Å². The van der Waals surface area contributed by atoms with E-state index in [9.17, 15) is 4.79 Å². The maximum atomic E-state index is 12.6. The molecule has 0 spiro atoms. The first kappa shape index (κ1) is 42.9. The second-order valence-electron chi connectivity index (χ2n) is 13.6. The van der Waals surface area contributed by atoms with Crippen molar-refractivity contribution >= 4 is 17.7 Å². The molecular weight excluding hydrogens is 719 g/mol. The number of nitrogens with zero attached hydrogens (tertiary/aromatic N) is 6. The van der Waals surface area contributed by atoms with E-state index in [1.54, 1.807) is 4.68 Å². The largest absolute Gasteiger partial charge is 0.456 e. The van der Waals surface area contributed by atoms with E-state index in [1.165, 1.54) is 0 Å². The number of fused-ring (bicyclic) bond motifs is 2. The highest BCUT2D eigenvalue weighted by Crippen LogP contribution is 2.52. The number of rotatable bonds is 25. The van der Waals surface area contributed by atoms with E-state index >= 15 is 0 Å². The van der Waals surface area contributed by atoms with Crippen molar-refractivity contribution in [3.05, 3.63) is 94.8 Å². The van der Waals surface area contributed by atoms with Crippen LogP contribution >= 0.6 is 0 Å².